The number of rotatable bonds is 5. The minimum absolute atomic E-state index is 0.165. The first-order valence-corrected chi connectivity index (χ1v) is 9.50. The fourth-order valence-corrected chi connectivity index (χ4v) is 3.37. The van der Waals surface area contributed by atoms with Crippen LogP contribution in [0.2, 0.25) is 0 Å². The van der Waals surface area contributed by atoms with Crippen LogP contribution in [-0.4, -0.2) is 35.6 Å². The third-order valence-corrected chi connectivity index (χ3v) is 5.00. The van der Waals surface area contributed by atoms with Crippen molar-refractivity contribution in [3.05, 3.63) is 89.1 Å². The standard InChI is InChI=1S/C22H22N6O/c1-15-13-20-24-25-21(17(3)28(20)26-15)22(29)27(14-19-11-7-8-12-23-19)16(2)18-9-5-4-6-10-18/h4-13,16H,14H2,1-3H3. The summed E-state index contributed by atoms with van der Waals surface area (Å²) in [6.07, 6.45) is 1.73. The normalized spacial score (nSPS) is 12.1. The second-order valence-corrected chi connectivity index (χ2v) is 7.03. The Morgan fingerprint density at radius 2 is 1.83 bits per heavy atom. The van der Waals surface area contributed by atoms with Crippen molar-refractivity contribution in [3.8, 4) is 0 Å². The third kappa shape index (κ3) is 3.71. The summed E-state index contributed by atoms with van der Waals surface area (Å²) in [5.74, 6) is -0.202. The van der Waals surface area contributed by atoms with Gasteiger partial charge in [-0.1, -0.05) is 36.4 Å². The Balaban J connectivity index is 1.75. The van der Waals surface area contributed by atoms with Crippen molar-refractivity contribution in [1.29, 1.82) is 0 Å². The summed E-state index contributed by atoms with van der Waals surface area (Å²) in [5.41, 5.74) is 4.27. The Morgan fingerprint density at radius 3 is 2.55 bits per heavy atom. The van der Waals surface area contributed by atoms with E-state index in [0.29, 0.717) is 23.6 Å². The molecule has 1 amide bonds. The molecular weight excluding hydrogens is 364 g/mol. The minimum Gasteiger partial charge on any atom is -0.325 e. The first kappa shape index (κ1) is 18.7. The maximum atomic E-state index is 13.6. The van der Waals surface area contributed by atoms with Crippen molar-refractivity contribution in [2.45, 2.75) is 33.4 Å². The molecule has 0 aliphatic heterocycles. The minimum atomic E-state index is -0.202. The zero-order chi connectivity index (χ0) is 20.4. The van der Waals surface area contributed by atoms with Crippen LogP contribution in [0.4, 0.5) is 0 Å². The van der Waals surface area contributed by atoms with Crippen LogP contribution in [0, 0.1) is 13.8 Å². The van der Waals surface area contributed by atoms with Gasteiger partial charge in [-0.25, -0.2) is 4.52 Å². The molecule has 1 aromatic carbocycles. The lowest BCUT2D eigenvalue weighted by Gasteiger charge is -2.29. The predicted molar refractivity (Wildman–Crippen MR) is 109 cm³/mol. The lowest BCUT2D eigenvalue weighted by atomic mass is 10.1. The van der Waals surface area contributed by atoms with Crippen LogP contribution in [0.15, 0.2) is 60.8 Å². The second kappa shape index (κ2) is 7.79. The van der Waals surface area contributed by atoms with Gasteiger partial charge in [0.25, 0.3) is 5.91 Å². The van der Waals surface area contributed by atoms with Crippen LogP contribution in [0.1, 0.15) is 46.1 Å². The average Bonchev–Trinajstić information content (AvgIpc) is 3.14. The Morgan fingerprint density at radius 1 is 1.07 bits per heavy atom. The molecule has 1 unspecified atom stereocenters. The van der Waals surface area contributed by atoms with Gasteiger partial charge < -0.3 is 4.90 Å². The second-order valence-electron chi connectivity index (χ2n) is 7.03. The van der Waals surface area contributed by atoms with Crippen molar-refractivity contribution in [2.75, 3.05) is 0 Å². The summed E-state index contributed by atoms with van der Waals surface area (Å²) in [7, 11) is 0. The van der Waals surface area contributed by atoms with Gasteiger partial charge >= 0.3 is 0 Å². The highest BCUT2D eigenvalue weighted by Gasteiger charge is 2.27. The average molecular weight is 386 g/mol. The molecule has 0 aliphatic rings. The van der Waals surface area contributed by atoms with Gasteiger partial charge in [0.05, 0.1) is 29.7 Å². The summed E-state index contributed by atoms with van der Waals surface area (Å²) in [4.78, 5) is 19.8. The molecule has 7 nitrogen and oxygen atoms in total. The molecule has 1 atom stereocenters. The number of hydrogen-bond acceptors (Lipinski definition) is 5. The Kier molecular flexibility index (Phi) is 5.03. The summed E-state index contributed by atoms with van der Waals surface area (Å²) in [6, 6.07) is 17.3. The molecule has 146 valence electrons. The number of aromatic nitrogens is 5. The first-order valence-electron chi connectivity index (χ1n) is 9.50. The summed E-state index contributed by atoms with van der Waals surface area (Å²) < 4.78 is 1.67. The topological polar surface area (TPSA) is 76.3 Å². The Hall–Kier alpha value is -3.61. The van der Waals surface area contributed by atoms with E-state index in [9.17, 15) is 4.79 Å². The molecule has 3 aromatic heterocycles. The van der Waals surface area contributed by atoms with E-state index >= 15 is 0 Å². The molecule has 0 radical (unpaired) electrons. The molecule has 4 rings (SSSR count). The molecule has 7 heteroatoms. The number of fused-ring (bicyclic) bond motifs is 1. The maximum absolute atomic E-state index is 13.6. The molecule has 0 N–H and O–H groups in total. The van der Waals surface area contributed by atoms with Crippen LogP contribution in [0.5, 0.6) is 0 Å². The fourth-order valence-electron chi connectivity index (χ4n) is 3.37. The van der Waals surface area contributed by atoms with Crippen LogP contribution in [0.25, 0.3) is 5.65 Å². The molecule has 29 heavy (non-hydrogen) atoms. The van der Waals surface area contributed by atoms with Gasteiger partial charge in [0.15, 0.2) is 11.3 Å². The fraction of sp³-hybridized carbons (Fsp3) is 0.227. The molecule has 0 aliphatic carbocycles. The highest BCUT2D eigenvalue weighted by molar-refractivity contribution is 5.93. The molecular formula is C22H22N6O. The number of amides is 1. The smallest absolute Gasteiger partial charge is 0.277 e. The SMILES string of the molecule is Cc1cc2nnc(C(=O)N(Cc3ccccn3)C(C)c3ccccc3)c(C)n2n1. The number of hydrogen-bond donors (Lipinski definition) is 0. The molecule has 0 bridgehead atoms. The van der Waals surface area contributed by atoms with E-state index in [2.05, 4.69) is 20.3 Å². The molecule has 0 spiro atoms. The van der Waals surface area contributed by atoms with E-state index in [0.717, 1.165) is 17.0 Å². The van der Waals surface area contributed by atoms with Gasteiger partial charge in [0, 0.05) is 12.3 Å². The molecule has 3 heterocycles. The Labute approximate surface area is 169 Å². The van der Waals surface area contributed by atoms with Gasteiger partial charge in [0.2, 0.25) is 0 Å². The molecule has 0 saturated carbocycles. The van der Waals surface area contributed by atoms with Crippen molar-refractivity contribution >= 4 is 11.6 Å². The van der Waals surface area contributed by atoms with Gasteiger partial charge in [-0.15, -0.1) is 10.2 Å². The van der Waals surface area contributed by atoms with Crippen LogP contribution < -0.4 is 0 Å². The maximum Gasteiger partial charge on any atom is 0.277 e. The highest BCUT2D eigenvalue weighted by atomic mass is 16.2. The molecule has 0 saturated heterocycles. The zero-order valence-corrected chi connectivity index (χ0v) is 16.6. The van der Waals surface area contributed by atoms with Gasteiger partial charge in [-0.05, 0) is 38.5 Å². The van der Waals surface area contributed by atoms with Gasteiger partial charge in [0.1, 0.15) is 0 Å². The summed E-state index contributed by atoms with van der Waals surface area (Å²) >= 11 is 0. The number of pyridine rings is 1. The number of carbonyl (C=O) groups excluding carboxylic acids is 1. The van der Waals surface area contributed by atoms with Gasteiger partial charge in [-0.2, -0.15) is 5.10 Å². The zero-order valence-electron chi connectivity index (χ0n) is 16.6. The lowest BCUT2D eigenvalue weighted by molar-refractivity contribution is 0.0662. The highest BCUT2D eigenvalue weighted by Crippen LogP contribution is 2.24. The lowest BCUT2D eigenvalue weighted by Crippen LogP contribution is -2.35. The van der Waals surface area contributed by atoms with Crippen LogP contribution >= 0.6 is 0 Å². The van der Waals surface area contributed by atoms with Crippen molar-refractivity contribution in [2.24, 2.45) is 0 Å². The Bertz CT molecular complexity index is 1140. The quantitative estimate of drug-likeness (QED) is 0.524. The molecule has 4 aromatic rings. The van der Waals surface area contributed by atoms with E-state index in [1.165, 1.54) is 0 Å². The van der Waals surface area contributed by atoms with E-state index in [1.807, 2.05) is 75.4 Å². The number of benzene rings is 1. The van der Waals surface area contributed by atoms with E-state index in [-0.39, 0.29) is 11.9 Å². The summed E-state index contributed by atoms with van der Waals surface area (Å²) in [6.45, 7) is 6.11. The van der Waals surface area contributed by atoms with Crippen LogP contribution in [0.3, 0.4) is 0 Å². The number of carbonyl (C=O) groups is 1. The van der Waals surface area contributed by atoms with Crippen LogP contribution in [-0.2, 0) is 6.54 Å². The first-order chi connectivity index (χ1) is 14.0. The van der Waals surface area contributed by atoms with E-state index in [1.54, 1.807) is 15.6 Å². The number of nitrogens with zero attached hydrogens (tertiary/aromatic N) is 6. The van der Waals surface area contributed by atoms with Gasteiger partial charge in [-0.3, -0.25) is 9.78 Å². The third-order valence-electron chi connectivity index (χ3n) is 5.00. The predicted octanol–water partition coefficient (Wildman–Crippen LogP) is 3.54. The van der Waals surface area contributed by atoms with E-state index < -0.39 is 0 Å². The van der Waals surface area contributed by atoms with Crippen molar-refractivity contribution in [1.82, 2.24) is 29.7 Å². The van der Waals surface area contributed by atoms with Crippen molar-refractivity contribution < 1.29 is 4.79 Å². The van der Waals surface area contributed by atoms with E-state index in [4.69, 9.17) is 0 Å². The largest absolute Gasteiger partial charge is 0.325 e. The monoisotopic (exact) mass is 386 g/mol. The number of aryl methyl sites for hydroxylation is 2. The van der Waals surface area contributed by atoms with Crippen molar-refractivity contribution in [3.63, 3.8) is 0 Å². The molecule has 0 fully saturated rings. The summed E-state index contributed by atoms with van der Waals surface area (Å²) in [5, 5.41) is 12.9.